The van der Waals surface area contributed by atoms with Gasteiger partial charge in [-0.1, -0.05) is 23.7 Å². The lowest BCUT2D eigenvalue weighted by Gasteiger charge is -2.12. The Balaban J connectivity index is 1.58. The molecule has 28 heavy (non-hydrogen) atoms. The Bertz CT molecular complexity index is 894. The van der Waals surface area contributed by atoms with Gasteiger partial charge in [0.2, 0.25) is 5.91 Å². The minimum Gasteiger partial charge on any atom is -0.491 e. The van der Waals surface area contributed by atoms with E-state index in [1.54, 1.807) is 24.3 Å². The van der Waals surface area contributed by atoms with Gasteiger partial charge in [-0.05, 0) is 42.7 Å². The van der Waals surface area contributed by atoms with Gasteiger partial charge in [0, 0.05) is 30.5 Å². The molecule has 1 aliphatic rings. The van der Waals surface area contributed by atoms with Crippen LogP contribution in [0.1, 0.15) is 18.4 Å². The molecule has 8 heteroatoms. The van der Waals surface area contributed by atoms with Crippen LogP contribution in [-0.4, -0.2) is 30.1 Å². The molecule has 2 aromatic carbocycles. The lowest BCUT2D eigenvalue weighted by atomic mass is 10.2. The number of carbonyl (C=O) groups excluding carboxylic acids is 1. The number of anilines is 1. The Labute approximate surface area is 167 Å². The zero-order chi connectivity index (χ0) is 19.9. The lowest BCUT2D eigenvalue weighted by Crippen LogP contribution is -2.16. The molecule has 3 rings (SSSR count). The third-order valence-electron chi connectivity index (χ3n) is 4.16. The third kappa shape index (κ3) is 5.55. The second-order valence-electron chi connectivity index (χ2n) is 6.26. The van der Waals surface area contributed by atoms with Crippen LogP contribution in [0.15, 0.2) is 48.5 Å². The first-order valence-electron chi connectivity index (χ1n) is 8.79. The first-order valence-corrected chi connectivity index (χ1v) is 9.16. The summed E-state index contributed by atoms with van der Waals surface area (Å²) in [7, 11) is 0. The van der Waals surface area contributed by atoms with Crippen molar-refractivity contribution in [2.75, 3.05) is 18.5 Å². The number of nitro benzene ring substituents is 1. The van der Waals surface area contributed by atoms with Crippen LogP contribution < -0.4 is 10.1 Å². The number of nitro groups is 1. The molecular formula is C20H19ClN2O5. The second kappa shape index (κ2) is 9.34. The first-order chi connectivity index (χ1) is 13.5. The highest BCUT2D eigenvalue weighted by Gasteiger charge is 2.16. The molecule has 0 radical (unpaired) electrons. The average Bonchev–Trinajstić information content (AvgIpc) is 3.19. The maximum Gasteiger partial charge on any atom is 0.288 e. The van der Waals surface area contributed by atoms with E-state index >= 15 is 0 Å². The second-order valence-corrected chi connectivity index (χ2v) is 6.67. The Morgan fingerprint density at radius 3 is 2.96 bits per heavy atom. The topological polar surface area (TPSA) is 90.7 Å². The number of nitrogens with zero attached hydrogens (tertiary/aromatic N) is 1. The van der Waals surface area contributed by atoms with Crippen molar-refractivity contribution in [2.24, 2.45) is 0 Å². The maximum absolute atomic E-state index is 12.1. The molecule has 7 nitrogen and oxygen atoms in total. The van der Waals surface area contributed by atoms with E-state index in [4.69, 9.17) is 21.1 Å². The summed E-state index contributed by atoms with van der Waals surface area (Å²) in [6.45, 7) is 1.25. The van der Waals surface area contributed by atoms with Crippen LogP contribution in [0.25, 0.3) is 6.08 Å². The van der Waals surface area contributed by atoms with Crippen molar-refractivity contribution in [3.63, 3.8) is 0 Å². The molecule has 1 atom stereocenters. The van der Waals surface area contributed by atoms with Crippen LogP contribution in [0, 0.1) is 10.1 Å². The van der Waals surface area contributed by atoms with Gasteiger partial charge in [-0.3, -0.25) is 14.9 Å². The van der Waals surface area contributed by atoms with Crippen molar-refractivity contribution < 1.29 is 19.2 Å². The van der Waals surface area contributed by atoms with E-state index in [0.717, 1.165) is 19.4 Å². The molecule has 1 N–H and O–H groups in total. The van der Waals surface area contributed by atoms with Crippen molar-refractivity contribution >= 4 is 35.0 Å². The van der Waals surface area contributed by atoms with Crippen LogP contribution >= 0.6 is 11.6 Å². The molecule has 0 aromatic heterocycles. The molecule has 2 aromatic rings. The van der Waals surface area contributed by atoms with Gasteiger partial charge >= 0.3 is 0 Å². The highest BCUT2D eigenvalue weighted by atomic mass is 35.5. The van der Waals surface area contributed by atoms with Gasteiger partial charge in [0.15, 0.2) is 0 Å². The number of nitrogens with one attached hydrogen (secondary N) is 1. The average molecular weight is 403 g/mol. The Hall–Kier alpha value is -2.90. The summed E-state index contributed by atoms with van der Waals surface area (Å²) in [4.78, 5) is 22.5. The van der Waals surface area contributed by atoms with E-state index in [1.165, 1.54) is 24.3 Å². The fraction of sp³-hybridized carbons (Fsp3) is 0.250. The van der Waals surface area contributed by atoms with Crippen molar-refractivity contribution in [2.45, 2.75) is 18.9 Å². The van der Waals surface area contributed by atoms with Gasteiger partial charge < -0.3 is 14.8 Å². The number of hydrogen-bond donors (Lipinski definition) is 1. The van der Waals surface area contributed by atoms with Gasteiger partial charge in [0.1, 0.15) is 17.4 Å². The zero-order valence-corrected chi connectivity index (χ0v) is 15.7. The highest BCUT2D eigenvalue weighted by Crippen LogP contribution is 2.25. The van der Waals surface area contributed by atoms with E-state index in [1.807, 2.05) is 6.07 Å². The van der Waals surface area contributed by atoms with Crippen molar-refractivity contribution in [3.05, 3.63) is 69.2 Å². The summed E-state index contributed by atoms with van der Waals surface area (Å²) in [6.07, 6.45) is 4.94. The van der Waals surface area contributed by atoms with Crippen LogP contribution in [-0.2, 0) is 9.53 Å². The van der Waals surface area contributed by atoms with Gasteiger partial charge in [-0.15, -0.1) is 0 Å². The third-order valence-corrected chi connectivity index (χ3v) is 4.48. The number of ether oxygens (including phenoxy) is 2. The molecule has 0 spiro atoms. The normalized spacial score (nSPS) is 16.2. The Kier molecular flexibility index (Phi) is 6.62. The predicted octanol–water partition coefficient (Wildman–Crippen LogP) is 4.46. The van der Waals surface area contributed by atoms with Gasteiger partial charge in [-0.2, -0.15) is 0 Å². The number of halogens is 1. The molecule has 146 valence electrons. The molecule has 1 unspecified atom stereocenters. The molecule has 0 bridgehead atoms. The predicted molar refractivity (Wildman–Crippen MR) is 107 cm³/mol. The SMILES string of the molecule is O=C(/C=C/c1ccc(Cl)c([N+](=O)[O-])c1)Nc1cccc(OCC2CCCO2)c1. The molecule has 0 aliphatic carbocycles. The number of amides is 1. The summed E-state index contributed by atoms with van der Waals surface area (Å²) in [5.74, 6) is 0.277. The number of benzene rings is 2. The van der Waals surface area contributed by atoms with Crippen molar-refractivity contribution in [1.82, 2.24) is 0 Å². The van der Waals surface area contributed by atoms with Gasteiger partial charge in [0.25, 0.3) is 5.69 Å². The fourth-order valence-electron chi connectivity index (χ4n) is 2.76. The Morgan fingerprint density at radius 1 is 1.36 bits per heavy atom. The summed E-state index contributed by atoms with van der Waals surface area (Å²) in [5.41, 5.74) is 0.877. The monoisotopic (exact) mass is 402 g/mol. The molecule has 0 saturated carbocycles. The van der Waals surface area contributed by atoms with Crippen LogP contribution in [0.3, 0.4) is 0 Å². The smallest absolute Gasteiger partial charge is 0.288 e. The summed E-state index contributed by atoms with van der Waals surface area (Å²) in [5, 5.41) is 13.7. The molecule has 1 amide bonds. The quantitative estimate of drug-likeness (QED) is 0.419. The number of hydrogen-bond acceptors (Lipinski definition) is 5. The number of carbonyl (C=O) groups is 1. The minimum absolute atomic E-state index is 0.0476. The standard InChI is InChI=1S/C20H19ClN2O5/c21-18-8-6-14(11-19(18)23(25)26)7-9-20(24)22-15-3-1-4-16(12-15)28-13-17-5-2-10-27-17/h1,3-4,6-9,11-12,17H,2,5,10,13H2,(H,22,24)/b9-7+. The van der Waals surface area contributed by atoms with E-state index in [9.17, 15) is 14.9 Å². The molecule has 1 heterocycles. The first kappa shape index (κ1) is 19.9. The summed E-state index contributed by atoms with van der Waals surface area (Å²) >= 11 is 5.78. The van der Waals surface area contributed by atoms with Crippen LogP contribution in [0.2, 0.25) is 5.02 Å². The highest BCUT2D eigenvalue weighted by molar-refractivity contribution is 6.32. The maximum atomic E-state index is 12.1. The lowest BCUT2D eigenvalue weighted by molar-refractivity contribution is -0.384. The van der Waals surface area contributed by atoms with Gasteiger partial charge in [0.05, 0.1) is 11.0 Å². The van der Waals surface area contributed by atoms with E-state index in [2.05, 4.69) is 5.32 Å². The largest absolute Gasteiger partial charge is 0.491 e. The van der Waals surface area contributed by atoms with E-state index in [0.29, 0.717) is 23.6 Å². The summed E-state index contributed by atoms with van der Waals surface area (Å²) < 4.78 is 11.2. The van der Waals surface area contributed by atoms with E-state index in [-0.39, 0.29) is 22.7 Å². The van der Waals surface area contributed by atoms with Crippen LogP contribution in [0.5, 0.6) is 5.75 Å². The van der Waals surface area contributed by atoms with Gasteiger partial charge in [-0.25, -0.2) is 0 Å². The molecule has 1 saturated heterocycles. The Morgan fingerprint density at radius 2 is 2.21 bits per heavy atom. The van der Waals surface area contributed by atoms with Crippen molar-refractivity contribution in [3.8, 4) is 5.75 Å². The fourth-order valence-corrected chi connectivity index (χ4v) is 2.94. The number of rotatable bonds is 7. The van der Waals surface area contributed by atoms with Crippen molar-refractivity contribution in [1.29, 1.82) is 0 Å². The molecular weight excluding hydrogens is 384 g/mol. The zero-order valence-electron chi connectivity index (χ0n) is 15.0. The molecule has 1 fully saturated rings. The summed E-state index contributed by atoms with van der Waals surface area (Å²) in [6, 6.07) is 11.4. The van der Waals surface area contributed by atoms with E-state index < -0.39 is 4.92 Å². The minimum atomic E-state index is -0.568. The molecule has 1 aliphatic heterocycles. The van der Waals surface area contributed by atoms with Crippen LogP contribution in [0.4, 0.5) is 11.4 Å².